The minimum Gasteiger partial charge on any atom is -0.497 e. The first-order valence-corrected chi connectivity index (χ1v) is 11.5. The molecule has 1 heterocycles. The molecule has 1 amide bonds. The van der Waals surface area contributed by atoms with Gasteiger partial charge in [-0.25, -0.2) is 8.42 Å². The van der Waals surface area contributed by atoms with Crippen LogP contribution in [0.5, 0.6) is 11.5 Å². The molecular formula is C15H20N4O5S3. The summed E-state index contributed by atoms with van der Waals surface area (Å²) in [7, 11) is -0.929. The summed E-state index contributed by atoms with van der Waals surface area (Å²) in [6, 6.07) is 3.65. The number of amides is 1. The largest absolute Gasteiger partial charge is 0.497 e. The SMILES string of the molecule is COc1ccc(OC)c(N([C@@H](C)C(=O)Nc2nnc(SC)s2)S(C)(=O)=O)c1. The zero-order chi connectivity index (χ0) is 20.2. The summed E-state index contributed by atoms with van der Waals surface area (Å²) in [6.45, 7) is 1.48. The molecule has 0 fully saturated rings. The maximum atomic E-state index is 12.7. The third-order valence-electron chi connectivity index (χ3n) is 3.52. The highest BCUT2D eigenvalue weighted by atomic mass is 32.2. The molecular weight excluding hydrogens is 412 g/mol. The Kier molecular flexibility index (Phi) is 6.89. The van der Waals surface area contributed by atoms with Gasteiger partial charge in [0, 0.05) is 6.07 Å². The first-order chi connectivity index (χ1) is 12.7. The number of hydrogen-bond acceptors (Lipinski definition) is 9. The third-order valence-corrected chi connectivity index (χ3v) is 6.56. The quantitative estimate of drug-likeness (QED) is 0.499. The van der Waals surface area contributed by atoms with Crippen molar-refractivity contribution in [2.75, 3.05) is 36.4 Å². The van der Waals surface area contributed by atoms with Gasteiger partial charge in [-0.05, 0) is 25.3 Å². The molecule has 0 spiro atoms. The lowest BCUT2D eigenvalue weighted by Gasteiger charge is -2.29. The Bertz CT molecular complexity index is 916. The van der Waals surface area contributed by atoms with Gasteiger partial charge < -0.3 is 9.47 Å². The van der Waals surface area contributed by atoms with Crippen molar-refractivity contribution in [3.63, 3.8) is 0 Å². The van der Waals surface area contributed by atoms with Gasteiger partial charge in [0.25, 0.3) is 0 Å². The van der Waals surface area contributed by atoms with Crippen molar-refractivity contribution >= 4 is 49.8 Å². The van der Waals surface area contributed by atoms with Crippen molar-refractivity contribution in [2.45, 2.75) is 17.3 Å². The van der Waals surface area contributed by atoms with E-state index in [1.165, 1.54) is 50.3 Å². The second-order valence-corrected chi connectivity index (χ2v) is 9.23. The second kappa shape index (κ2) is 8.76. The molecule has 9 nitrogen and oxygen atoms in total. The first-order valence-electron chi connectivity index (χ1n) is 7.61. The van der Waals surface area contributed by atoms with Crippen molar-refractivity contribution in [3.05, 3.63) is 18.2 Å². The lowest BCUT2D eigenvalue weighted by atomic mass is 10.2. The molecule has 1 aromatic heterocycles. The summed E-state index contributed by atoms with van der Waals surface area (Å²) >= 11 is 2.60. The number of anilines is 2. The van der Waals surface area contributed by atoms with Crippen LogP contribution < -0.4 is 19.1 Å². The van der Waals surface area contributed by atoms with Crippen molar-refractivity contribution in [3.8, 4) is 11.5 Å². The molecule has 0 aliphatic carbocycles. The predicted molar refractivity (Wildman–Crippen MR) is 107 cm³/mol. The standard InChI is InChI=1S/C15H20N4O5S3/c1-9(13(20)16-14-17-18-15(25-4)26-14)19(27(5,21)22)11-8-10(23-2)6-7-12(11)24-3/h6-9H,1-5H3,(H,16,17,20)/t9-/m0/s1. The van der Waals surface area contributed by atoms with Crippen molar-refractivity contribution in [1.82, 2.24) is 10.2 Å². The lowest BCUT2D eigenvalue weighted by molar-refractivity contribution is -0.116. The Morgan fingerprint density at radius 1 is 1.30 bits per heavy atom. The fourth-order valence-corrected chi connectivity index (χ4v) is 4.65. The predicted octanol–water partition coefficient (Wildman–Crippen LogP) is 2.07. The van der Waals surface area contributed by atoms with E-state index in [2.05, 4.69) is 15.5 Å². The number of ether oxygens (including phenoxy) is 2. The van der Waals surface area contributed by atoms with E-state index >= 15 is 0 Å². The van der Waals surface area contributed by atoms with E-state index in [4.69, 9.17) is 9.47 Å². The summed E-state index contributed by atoms with van der Waals surface area (Å²) in [5.74, 6) is 0.177. The van der Waals surface area contributed by atoms with Crippen LogP contribution in [0, 0.1) is 0 Å². The average molecular weight is 433 g/mol. The van der Waals surface area contributed by atoms with Crippen LogP contribution in [0.4, 0.5) is 10.8 Å². The second-order valence-electron chi connectivity index (χ2n) is 5.34. The number of nitrogens with zero attached hydrogens (tertiary/aromatic N) is 3. The number of carbonyl (C=O) groups is 1. The minimum absolute atomic E-state index is 0.198. The molecule has 2 rings (SSSR count). The number of benzene rings is 1. The monoisotopic (exact) mass is 432 g/mol. The highest BCUT2D eigenvalue weighted by molar-refractivity contribution is 8.00. The topological polar surface area (TPSA) is 111 Å². The van der Waals surface area contributed by atoms with E-state index in [1.807, 2.05) is 6.26 Å². The minimum atomic E-state index is -3.81. The fraction of sp³-hybridized carbons (Fsp3) is 0.400. The number of rotatable bonds is 8. The summed E-state index contributed by atoms with van der Waals surface area (Å²) < 4.78 is 37.1. The van der Waals surface area contributed by atoms with Gasteiger partial charge in [-0.2, -0.15) is 0 Å². The highest BCUT2D eigenvalue weighted by Crippen LogP contribution is 2.35. The molecule has 0 saturated heterocycles. The molecule has 27 heavy (non-hydrogen) atoms. The maximum absolute atomic E-state index is 12.7. The molecule has 0 saturated carbocycles. The molecule has 12 heteroatoms. The normalized spacial score (nSPS) is 12.3. The number of hydrogen-bond donors (Lipinski definition) is 1. The molecule has 1 atom stereocenters. The van der Waals surface area contributed by atoms with Gasteiger partial charge in [0.05, 0.1) is 26.2 Å². The first kappa shape index (κ1) is 21.3. The zero-order valence-corrected chi connectivity index (χ0v) is 17.9. The van der Waals surface area contributed by atoms with Crippen LogP contribution in [0.1, 0.15) is 6.92 Å². The van der Waals surface area contributed by atoms with Crippen LogP contribution in [-0.4, -0.2) is 57.3 Å². The van der Waals surface area contributed by atoms with Crippen LogP contribution >= 0.6 is 23.1 Å². The van der Waals surface area contributed by atoms with Gasteiger partial charge in [-0.1, -0.05) is 23.1 Å². The fourth-order valence-electron chi connectivity index (χ4n) is 2.30. The highest BCUT2D eigenvalue weighted by Gasteiger charge is 2.32. The number of methoxy groups -OCH3 is 2. The summed E-state index contributed by atoms with van der Waals surface area (Å²) in [5.41, 5.74) is 0.198. The Morgan fingerprint density at radius 2 is 2.00 bits per heavy atom. The number of nitrogens with one attached hydrogen (secondary N) is 1. The van der Waals surface area contributed by atoms with Crippen LogP contribution in [0.3, 0.4) is 0 Å². The van der Waals surface area contributed by atoms with Gasteiger partial charge in [0.15, 0.2) is 4.34 Å². The van der Waals surface area contributed by atoms with Crippen molar-refractivity contribution < 1.29 is 22.7 Å². The van der Waals surface area contributed by atoms with E-state index in [1.54, 1.807) is 12.1 Å². The third kappa shape index (κ3) is 5.02. The number of sulfonamides is 1. The number of thioether (sulfide) groups is 1. The van der Waals surface area contributed by atoms with Gasteiger partial charge in [0.1, 0.15) is 17.5 Å². The summed E-state index contributed by atoms with van der Waals surface area (Å²) in [4.78, 5) is 12.7. The molecule has 148 valence electrons. The number of carbonyl (C=O) groups excluding carboxylic acids is 1. The summed E-state index contributed by atoms with van der Waals surface area (Å²) in [5, 5.41) is 10.7. The van der Waals surface area contributed by atoms with Crippen molar-refractivity contribution in [1.29, 1.82) is 0 Å². The molecule has 0 aliphatic rings. The molecule has 0 unspecified atom stereocenters. The Hall–Kier alpha value is -2.05. The van der Waals surface area contributed by atoms with E-state index in [0.717, 1.165) is 10.6 Å². The van der Waals surface area contributed by atoms with E-state index in [0.29, 0.717) is 21.0 Å². The van der Waals surface area contributed by atoms with E-state index < -0.39 is 22.0 Å². The van der Waals surface area contributed by atoms with Gasteiger partial charge in [-0.3, -0.25) is 14.4 Å². The molecule has 0 radical (unpaired) electrons. The molecule has 0 aliphatic heterocycles. The summed E-state index contributed by atoms with van der Waals surface area (Å²) in [6.07, 6.45) is 2.86. The van der Waals surface area contributed by atoms with Gasteiger partial charge in [0.2, 0.25) is 21.1 Å². The van der Waals surface area contributed by atoms with Gasteiger partial charge in [-0.15, -0.1) is 10.2 Å². The van der Waals surface area contributed by atoms with Crippen molar-refractivity contribution in [2.24, 2.45) is 0 Å². The van der Waals surface area contributed by atoms with Crippen LogP contribution in [0.15, 0.2) is 22.5 Å². The van der Waals surface area contributed by atoms with Crippen LogP contribution in [0.25, 0.3) is 0 Å². The molecule has 2 aromatic rings. The molecule has 1 N–H and O–H groups in total. The smallest absolute Gasteiger partial charge is 0.249 e. The lowest BCUT2D eigenvalue weighted by Crippen LogP contribution is -2.45. The Morgan fingerprint density at radius 3 is 2.52 bits per heavy atom. The average Bonchev–Trinajstić information content (AvgIpc) is 3.08. The molecule has 1 aromatic carbocycles. The maximum Gasteiger partial charge on any atom is 0.249 e. The van der Waals surface area contributed by atoms with E-state index in [9.17, 15) is 13.2 Å². The van der Waals surface area contributed by atoms with Gasteiger partial charge >= 0.3 is 0 Å². The Labute approximate surface area is 166 Å². The Balaban J connectivity index is 2.40. The van der Waals surface area contributed by atoms with Crippen LogP contribution in [-0.2, 0) is 14.8 Å². The van der Waals surface area contributed by atoms with E-state index in [-0.39, 0.29) is 5.69 Å². The van der Waals surface area contributed by atoms with Crippen LogP contribution in [0.2, 0.25) is 0 Å². The molecule has 0 bridgehead atoms. The zero-order valence-electron chi connectivity index (χ0n) is 15.4. The number of aromatic nitrogens is 2.